The number of nitrogens with one attached hydrogen (secondary N) is 1. The summed E-state index contributed by atoms with van der Waals surface area (Å²) in [6.07, 6.45) is 8.27. The van der Waals surface area contributed by atoms with Gasteiger partial charge in [0, 0.05) is 42.8 Å². The summed E-state index contributed by atoms with van der Waals surface area (Å²) in [6.45, 7) is 5.37. The largest absolute Gasteiger partial charge is 0.493 e. The first-order chi connectivity index (χ1) is 13.8. The summed E-state index contributed by atoms with van der Waals surface area (Å²) in [6, 6.07) is 0. The van der Waals surface area contributed by atoms with Gasteiger partial charge in [0.25, 0.3) is 0 Å². The van der Waals surface area contributed by atoms with Crippen molar-refractivity contribution in [3.05, 3.63) is 36.7 Å². The second-order valence-corrected chi connectivity index (χ2v) is 7.31. The van der Waals surface area contributed by atoms with Gasteiger partial charge < -0.3 is 15.3 Å². The lowest BCUT2D eigenvalue weighted by molar-refractivity contribution is -0.121. The molecule has 3 aromatic rings. The van der Waals surface area contributed by atoms with Gasteiger partial charge in [-0.15, -0.1) is 0 Å². The van der Waals surface area contributed by atoms with Gasteiger partial charge in [-0.3, -0.25) is 14.0 Å². The van der Waals surface area contributed by atoms with Crippen LogP contribution in [-0.4, -0.2) is 72.4 Å². The van der Waals surface area contributed by atoms with Gasteiger partial charge >= 0.3 is 0 Å². The Hall–Kier alpha value is -3.27. The molecule has 0 unspecified atom stereocenters. The van der Waals surface area contributed by atoms with Crippen molar-refractivity contribution in [2.24, 2.45) is 0 Å². The summed E-state index contributed by atoms with van der Waals surface area (Å²) >= 11 is 0. The minimum absolute atomic E-state index is 0.000445. The fourth-order valence-corrected chi connectivity index (χ4v) is 2.88. The van der Waals surface area contributed by atoms with Crippen LogP contribution in [0, 0.1) is 0 Å². The average Bonchev–Trinajstić information content (AvgIpc) is 3.32. The smallest absolute Gasteiger partial charge is 0.241 e. The van der Waals surface area contributed by atoms with Gasteiger partial charge in [-0.05, 0) is 20.0 Å². The minimum atomic E-state index is -0.116. The average molecular weight is 398 g/mol. The predicted molar refractivity (Wildman–Crippen MR) is 108 cm³/mol. The number of aromatic nitrogens is 6. The molecule has 2 N–H and O–H groups in total. The second-order valence-electron chi connectivity index (χ2n) is 7.31. The third-order valence-electron chi connectivity index (χ3n) is 4.32. The number of likely N-dealkylation sites (N-methyl/N-ethyl adjacent to an activating group) is 1. The molecule has 10 heteroatoms. The number of nitrogens with zero attached hydrogens (tertiary/aromatic N) is 7. The van der Waals surface area contributed by atoms with E-state index in [1.54, 1.807) is 40.4 Å². The van der Waals surface area contributed by atoms with Crippen molar-refractivity contribution < 1.29 is 9.90 Å². The van der Waals surface area contributed by atoms with E-state index in [0.29, 0.717) is 29.3 Å². The maximum absolute atomic E-state index is 12.1. The summed E-state index contributed by atoms with van der Waals surface area (Å²) < 4.78 is 3.18. The molecule has 154 valence electrons. The molecule has 0 saturated heterocycles. The summed E-state index contributed by atoms with van der Waals surface area (Å²) in [4.78, 5) is 26.9. The number of rotatable bonds is 8. The van der Waals surface area contributed by atoms with Crippen LogP contribution in [0.3, 0.4) is 0 Å². The van der Waals surface area contributed by atoms with E-state index >= 15 is 0 Å². The first-order valence-electron chi connectivity index (χ1n) is 9.38. The highest BCUT2D eigenvalue weighted by molar-refractivity contribution is 5.76. The molecule has 3 rings (SSSR count). The van der Waals surface area contributed by atoms with E-state index in [1.807, 2.05) is 32.8 Å². The molecule has 0 aliphatic carbocycles. The van der Waals surface area contributed by atoms with Crippen LogP contribution in [0.2, 0.25) is 0 Å². The molecule has 0 spiro atoms. The van der Waals surface area contributed by atoms with Crippen LogP contribution in [0.5, 0.6) is 5.88 Å². The van der Waals surface area contributed by atoms with Gasteiger partial charge in [-0.2, -0.15) is 10.1 Å². The minimum Gasteiger partial charge on any atom is -0.493 e. The molecule has 0 aliphatic rings. The molecular weight excluding hydrogens is 372 g/mol. The van der Waals surface area contributed by atoms with E-state index < -0.39 is 0 Å². The number of imidazole rings is 1. The van der Waals surface area contributed by atoms with Crippen molar-refractivity contribution in [1.29, 1.82) is 0 Å². The molecule has 0 bridgehead atoms. The lowest BCUT2D eigenvalue weighted by Crippen LogP contribution is -2.33. The third-order valence-corrected chi connectivity index (χ3v) is 4.32. The van der Waals surface area contributed by atoms with Crippen LogP contribution in [0.1, 0.15) is 25.3 Å². The Morgan fingerprint density at radius 3 is 2.76 bits per heavy atom. The van der Waals surface area contributed by atoms with Gasteiger partial charge in [0.15, 0.2) is 0 Å². The highest BCUT2D eigenvalue weighted by Crippen LogP contribution is 2.33. The highest BCUT2D eigenvalue weighted by Gasteiger charge is 2.20. The lowest BCUT2D eigenvalue weighted by atomic mass is 9.99. The molecular formula is C19H26N8O2. The first kappa shape index (κ1) is 20.5. The van der Waals surface area contributed by atoms with E-state index in [9.17, 15) is 9.90 Å². The number of hydrogen-bond acceptors (Lipinski definition) is 7. The summed E-state index contributed by atoms with van der Waals surface area (Å²) in [5.41, 5.74) is 1.91. The Kier molecular flexibility index (Phi) is 6.23. The lowest BCUT2D eigenvalue weighted by Gasteiger charge is -2.14. The summed E-state index contributed by atoms with van der Waals surface area (Å²) in [5.74, 6) is 0.117. The number of hydrogen-bond donors (Lipinski definition) is 2. The summed E-state index contributed by atoms with van der Waals surface area (Å²) in [7, 11) is 3.90. The molecule has 3 aromatic heterocycles. The highest BCUT2D eigenvalue weighted by atomic mass is 16.3. The first-order valence-corrected chi connectivity index (χ1v) is 9.38. The second kappa shape index (κ2) is 8.82. The van der Waals surface area contributed by atoms with Gasteiger partial charge in [0.2, 0.25) is 17.7 Å². The van der Waals surface area contributed by atoms with E-state index in [0.717, 1.165) is 6.54 Å². The van der Waals surface area contributed by atoms with Gasteiger partial charge in [-0.25, -0.2) is 9.97 Å². The van der Waals surface area contributed by atoms with Gasteiger partial charge in [0.05, 0.1) is 11.9 Å². The molecule has 0 radical (unpaired) electrons. The van der Waals surface area contributed by atoms with Crippen LogP contribution in [-0.2, 0) is 11.3 Å². The quantitative estimate of drug-likeness (QED) is 0.582. The molecule has 1 amide bonds. The topological polar surface area (TPSA) is 114 Å². The van der Waals surface area contributed by atoms with Crippen LogP contribution in [0.4, 0.5) is 0 Å². The monoisotopic (exact) mass is 398 g/mol. The Morgan fingerprint density at radius 2 is 2.10 bits per heavy atom. The van der Waals surface area contributed by atoms with Crippen molar-refractivity contribution >= 4 is 5.91 Å². The maximum atomic E-state index is 12.1. The zero-order valence-corrected chi connectivity index (χ0v) is 17.1. The zero-order valence-electron chi connectivity index (χ0n) is 17.1. The van der Waals surface area contributed by atoms with Gasteiger partial charge in [-0.1, -0.05) is 13.8 Å². The normalized spacial score (nSPS) is 11.4. The SMILES string of the molecule is CC(C)c1c(O)nc(-n2ccnc2)nc1-c1cnn(CC(=O)NCCN(C)C)c1. The Bertz CT molecular complexity index is 963. The number of carbonyl (C=O) groups excluding carboxylic acids is 1. The molecule has 29 heavy (non-hydrogen) atoms. The van der Waals surface area contributed by atoms with Crippen molar-refractivity contribution in [1.82, 2.24) is 39.5 Å². The molecule has 3 heterocycles. The summed E-state index contributed by atoms with van der Waals surface area (Å²) in [5, 5.41) is 17.7. The molecule has 0 aromatic carbocycles. The van der Waals surface area contributed by atoms with Crippen molar-refractivity contribution in [2.75, 3.05) is 27.2 Å². The zero-order chi connectivity index (χ0) is 21.0. The molecule has 0 fully saturated rings. The van der Waals surface area contributed by atoms with Crippen molar-refractivity contribution in [2.45, 2.75) is 26.3 Å². The molecule has 0 aliphatic heterocycles. The van der Waals surface area contributed by atoms with Crippen molar-refractivity contribution in [3.63, 3.8) is 0 Å². The number of amides is 1. The van der Waals surface area contributed by atoms with E-state index in [2.05, 4.69) is 25.4 Å². The fraction of sp³-hybridized carbons (Fsp3) is 0.421. The van der Waals surface area contributed by atoms with Gasteiger partial charge in [0.1, 0.15) is 12.9 Å². The van der Waals surface area contributed by atoms with Crippen molar-refractivity contribution in [3.8, 4) is 23.1 Å². The van der Waals surface area contributed by atoms with Crippen LogP contribution in [0.25, 0.3) is 17.2 Å². The Labute approximate surface area is 169 Å². The van der Waals surface area contributed by atoms with E-state index in [1.165, 1.54) is 0 Å². The predicted octanol–water partition coefficient (Wildman–Crippen LogP) is 1.03. The van der Waals surface area contributed by atoms with Crippen LogP contribution in [0.15, 0.2) is 31.1 Å². The standard InChI is InChI=1S/C19H26N8O2/c1-13(2)16-17(23-19(24-18(16)29)26-8-5-20-12-26)14-9-22-27(10-14)11-15(28)21-6-7-25(3)4/h5,8-10,12-13H,6-7,11H2,1-4H3,(H,21,28)(H,23,24,29). The molecule has 0 saturated carbocycles. The van der Waals surface area contributed by atoms with E-state index in [-0.39, 0.29) is 24.2 Å². The van der Waals surface area contributed by atoms with E-state index in [4.69, 9.17) is 0 Å². The number of aromatic hydroxyl groups is 1. The van der Waals surface area contributed by atoms with Crippen LogP contribution >= 0.6 is 0 Å². The fourth-order valence-electron chi connectivity index (χ4n) is 2.88. The maximum Gasteiger partial charge on any atom is 0.241 e. The molecule has 10 nitrogen and oxygen atoms in total. The van der Waals surface area contributed by atoms with Crippen LogP contribution < -0.4 is 5.32 Å². The third kappa shape index (κ3) is 4.96. The molecule has 0 atom stereocenters. The Morgan fingerprint density at radius 1 is 1.31 bits per heavy atom. The Balaban J connectivity index is 1.85. The number of carbonyl (C=O) groups is 1.